The van der Waals surface area contributed by atoms with Crippen molar-refractivity contribution in [3.63, 3.8) is 0 Å². The fourth-order valence-electron chi connectivity index (χ4n) is 1.80. The molecule has 0 saturated heterocycles. The molecule has 2 aromatic rings. The highest BCUT2D eigenvalue weighted by Gasteiger charge is 2.10. The van der Waals surface area contributed by atoms with Crippen LogP contribution in [0.5, 0.6) is 0 Å². The number of aryl methyl sites for hydroxylation is 1. The summed E-state index contributed by atoms with van der Waals surface area (Å²) < 4.78 is 0. The third kappa shape index (κ3) is 11.4. The predicted octanol–water partition coefficient (Wildman–Crippen LogP) is 6.95. The van der Waals surface area contributed by atoms with Gasteiger partial charge in [-0.1, -0.05) is 95.6 Å². The normalized spacial score (nSPS) is 8.24. The van der Waals surface area contributed by atoms with Crippen molar-refractivity contribution in [3.8, 4) is 0 Å². The van der Waals surface area contributed by atoms with Gasteiger partial charge in [0.1, 0.15) is 0 Å². The second-order valence-corrected chi connectivity index (χ2v) is 5.47. The van der Waals surface area contributed by atoms with E-state index in [0.29, 0.717) is 10.6 Å². The molecule has 1 amide bonds. The van der Waals surface area contributed by atoms with E-state index in [-0.39, 0.29) is 20.8 Å². The smallest absolute Gasteiger partial charge is 0.251 e. The molecule has 0 fully saturated rings. The van der Waals surface area contributed by atoms with Crippen LogP contribution in [0.2, 0.25) is 5.02 Å². The number of benzene rings is 2. The minimum Gasteiger partial charge on any atom is -0.355 e. The number of amides is 1. The summed E-state index contributed by atoms with van der Waals surface area (Å²) >= 11 is 5.95. The quantitative estimate of drug-likeness (QED) is 0.613. The molecule has 2 nitrogen and oxygen atoms in total. The molecule has 0 aliphatic heterocycles. The molecule has 2 rings (SSSR count). The van der Waals surface area contributed by atoms with Gasteiger partial charge in [-0.15, -0.1) is 0 Å². The zero-order valence-electron chi connectivity index (χ0n) is 14.8. The molecular weight excluding hydrogens is 330 g/mol. The standard InChI is InChI=1S/C10H12ClNO.C7H8.C3H8.2CH4/c1-3-7-8(10(13)12-2)5-4-6-9(7)11;1-7-5-3-2-4-6-7;1-3-2;;/h4-6H,3H2,1-2H3,(H,12,13);2-6H,1H3;3H2,1-2H3;2*1H4. The van der Waals surface area contributed by atoms with Crippen LogP contribution in [0.25, 0.3) is 0 Å². The van der Waals surface area contributed by atoms with Gasteiger partial charge in [0.15, 0.2) is 0 Å². The lowest BCUT2D eigenvalue weighted by molar-refractivity contribution is 0.0962. The first kappa shape index (κ1) is 28.0. The topological polar surface area (TPSA) is 29.1 Å². The number of hydrogen-bond acceptors (Lipinski definition) is 1. The van der Waals surface area contributed by atoms with Crippen molar-refractivity contribution in [1.82, 2.24) is 5.32 Å². The molecule has 0 spiro atoms. The summed E-state index contributed by atoms with van der Waals surface area (Å²) in [5.41, 5.74) is 2.89. The summed E-state index contributed by atoms with van der Waals surface area (Å²) in [6, 6.07) is 15.6. The van der Waals surface area contributed by atoms with Crippen molar-refractivity contribution < 1.29 is 4.79 Å². The zero-order chi connectivity index (χ0) is 17.7. The third-order valence-electron chi connectivity index (χ3n) is 2.88. The van der Waals surface area contributed by atoms with Crippen LogP contribution < -0.4 is 5.32 Å². The average molecular weight is 366 g/mol. The van der Waals surface area contributed by atoms with Crippen LogP contribution in [0.4, 0.5) is 0 Å². The van der Waals surface area contributed by atoms with Crippen molar-refractivity contribution in [2.45, 2.75) is 55.4 Å². The largest absolute Gasteiger partial charge is 0.355 e. The Labute approximate surface area is 160 Å². The number of carbonyl (C=O) groups excluding carboxylic acids is 1. The number of rotatable bonds is 2. The van der Waals surface area contributed by atoms with E-state index >= 15 is 0 Å². The second kappa shape index (κ2) is 17.0. The van der Waals surface area contributed by atoms with Gasteiger partial charge in [-0.05, 0) is 31.0 Å². The number of halogens is 1. The van der Waals surface area contributed by atoms with E-state index in [1.54, 1.807) is 25.2 Å². The molecule has 0 saturated carbocycles. The lowest BCUT2D eigenvalue weighted by Gasteiger charge is -2.07. The highest BCUT2D eigenvalue weighted by molar-refractivity contribution is 6.31. The van der Waals surface area contributed by atoms with Crippen LogP contribution >= 0.6 is 11.6 Å². The van der Waals surface area contributed by atoms with Gasteiger partial charge < -0.3 is 5.32 Å². The maximum atomic E-state index is 11.4. The van der Waals surface area contributed by atoms with Gasteiger partial charge in [0.2, 0.25) is 0 Å². The molecule has 0 bridgehead atoms. The molecule has 1 N–H and O–H groups in total. The number of hydrogen-bond donors (Lipinski definition) is 1. The first-order valence-electron chi connectivity index (χ1n) is 8.02. The fourth-order valence-corrected chi connectivity index (χ4v) is 2.11. The summed E-state index contributed by atoms with van der Waals surface area (Å²) in [6.45, 7) is 8.31. The minimum absolute atomic E-state index is 0. The Bertz CT molecular complexity index is 567. The molecule has 0 aromatic heterocycles. The second-order valence-electron chi connectivity index (χ2n) is 5.06. The SMILES string of the molecule is C.C.CCC.CCc1c(Cl)cccc1C(=O)NC.Cc1ccccc1. The van der Waals surface area contributed by atoms with E-state index in [0.717, 1.165) is 12.0 Å². The van der Waals surface area contributed by atoms with Crippen LogP contribution in [0.3, 0.4) is 0 Å². The molecule has 0 heterocycles. The summed E-state index contributed by atoms with van der Waals surface area (Å²) in [5.74, 6) is -0.0839. The molecule has 25 heavy (non-hydrogen) atoms. The van der Waals surface area contributed by atoms with Gasteiger partial charge in [-0.25, -0.2) is 0 Å². The Morgan fingerprint density at radius 1 is 0.960 bits per heavy atom. The lowest BCUT2D eigenvalue weighted by atomic mass is 10.0. The van der Waals surface area contributed by atoms with Gasteiger partial charge in [0, 0.05) is 17.6 Å². The zero-order valence-corrected chi connectivity index (χ0v) is 15.6. The molecule has 0 unspecified atom stereocenters. The van der Waals surface area contributed by atoms with Crippen molar-refractivity contribution in [2.75, 3.05) is 7.05 Å². The summed E-state index contributed by atoms with van der Waals surface area (Å²) in [6.07, 6.45) is 2.02. The minimum atomic E-state index is -0.0839. The maximum Gasteiger partial charge on any atom is 0.251 e. The first-order chi connectivity index (χ1) is 11.0. The lowest BCUT2D eigenvalue weighted by Crippen LogP contribution is -2.19. The van der Waals surface area contributed by atoms with Crippen molar-refractivity contribution in [3.05, 3.63) is 70.2 Å². The fraction of sp³-hybridized carbons (Fsp3) is 0.409. The third-order valence-corrected chi connectivity index (χ3v) is 3.24. The molecule has 0 aliphatic carbocycles. The Morgan fingerprint density at radius 2 is 1.48 bits per heavy atom. The van der Waals surface area contributed by atoms with E-state index in [1.807, 2.05) is 25.1 Å². The molecular formula is C22H36ClNO. The Balaban J connectivity index is -0.000000344. The molecule has 3 heteroatoms. The van der Waals surface area contributed by atoms with Gasteiger partial charge in [0.05, 0.1) is 0 Å². The molecule has 0 radical (unpaired) electrons. The van der Waals surface area contributed by atoms with E-state index in [9.17, 15) is 4.79 Å². The number of carbonyl (C=O) groups is 1. The first-order valence-corrected chi connectivity index (χ1v) is 8.40. The van der Waals surface area contributed by atoms with Crippen LogP contribution in [0, 0.1) is 6.92 Å². The Morgan fingerprint density at radius 3 is 1.84 bits per heavy atom. The van der Waals surface area contributed by atoms with Crippen LogP contribution in [0.15, 0.2) is 48.5 Å². The molecule has 2 aromatic carbocycles. The van der Waals surface area contributed by atoms with Gasteiger partial charge in [-0.3, -0.25) is 4.79 Å². The van der Waals surface area contributed by atoms with Crippen molar-refractivity contribution in [2.24, 2.45) is 0 Å². The van der Waals surface area contributed by atoms with E-state index in [1.165, 1.54) is 12.0 Å². The average Bonchev–Trinajstić information content (AvgIpc) is 2.56. The number of nitrogens with one attached hydrogen (secondary N) is 1. The maximum absolute atomic E-state index is 11.4. The monoisotopic (exact) mass is 365 g/mol. The van der Waals surface area contributed by atoms with Crippen LogP contribution in [-0.4, -0.2) is 13.0 Å². The van der Waals surface area contributed by atoms with Gasteiger partial charge in [0.25, 0.3) is 5.91 Å². The predicted molar refractivity (Wildman–Crippen MR) is 115 cm³/mol. The van der Waals surface area contributed by atoms with Crippen LogP contribution in [-0.2, 0) is 6.42 Å². The summed E-state index contributed by atoms with van der Waals surface area (Å²) in [7, 11) is 1.61. The van der Waals surface area contributed by atoms with E-state index in [2.05, 4.69) is 38.2 Å². The summed E-state index contributed by atoms with van der Waals surface area (Å²) in [4.78, 5) is 11.4. The van der Waals surface area contributed by atoms with Crippen molar-refractivity contribution >= 4 is 17.5 Å². The molecule has 142 valence electrons. The van der Waals surface area contributed by atoms with Gasteiger partial charge >= 0.3 is 0 Å². The Kier molecular flexibility index (Phi) is 19.1. The molecule has 0 aliphatic rings. The Hall–Kier alpha value is -1.80. The van der Waals surface area contributed by atoms with Crippen LogP contribution in [0.1, 0.15) is 63.5 Å². The summed E-state index contributed by atoms with van der Waals surface area (Å²) in [5, 5.41) is 3.24. The van der Waals surface area contributed by atoms with E-state index in [4.69, 9.17) is 11.6 Å². The van der Waals surface area contributed by atoms with Gasteiger partial charge in [-0.2, -0.15) is 0 Å². The highest BCUT2D eigenvalue weighted by atomic mass is 35.5. The highest BCUT2D eigenvalue weighted by Crippen LogP contribution is 2.20. The molecule has 0 atom stereocenters. The van der Waals surface area contributed by atoms with Crippen molar-refractivity contribution in [1.29, 1.82) is 0 Å². The van der Waals surface area contributed by atoms with E-state index < -0.39 is 0 Å².